The van der Waals surface area contributed by atoms with Gasteiger partial charge >= 0.3 is 0 Å². The number of hydrogen-bond acceptors (Lipinski definition) is 2. The van der Waals surface area contributed by atoms with Crippen LogP contribution in [-0.2, 0) is 13.0 Å². The Bertz CT molecular complexity index is 494. The fourth-order valence-electron chi connectivity index (χ4n) is 4.02. The van der Waals surface area contributed by atoms with E-state index in [4.69, 9.17) is 4.74 Å². The normalized spacial score (nSPS) is 28.8. The van der Waals surface area contributed by atoms with Crippen LogP contribution in [-0.4, -0.2) is 12.1 Å². The Morgan fingerprint density at radius 3 is 2.75 bits per heavy atom. The van der Waals surface area contributed by atoms with Crippen molar-refractivity contribution in [3.8, 4) is 5.75 Å². The van der Waals surface area contributed by atoms with Crippen molar-refractivity contribution in [1.82, 2.24) is 5.32 Å². The first-order valence-electron chi connectivity index (χ1n) is 7.97. The summed E-state index contributed by atoms with van der Waals surface area (Å²) in [5.41, 5.74) is 3.29. The molecule has 3 rings (SSSR count). The molecule has 110 valence electrons. The van der Waals surface area contributed by atoms with Crippen molar-refractivity contribution in [2.24, 2.45) is 5.41 Å². The van der Waals surface area contributed by atoms with Crippen molar-refractivity contribution < 1.29 is 4.74 Å². The van der Waals surface area contributed by atoms with Gasteiger partial charge in [-0.1, -0.05) is 19.9 Å². The molecule has 1 aliphatic carbocycles. The third kappa shape index (κ3) is 3.01. The highest BCUT2D eigenvalue weighted by Crippen LogP contribution is 2.43. The average Bonchev–Trinajstić information content (AvgIpc) is 2.36. The quantitative estimate of drug-likeness (QED) is 0.877. The first kappa shape index (κ1) is 13.9. The van der Waals surface area contributed by atoms with Gasteiger partial charge in [0, 0.05) is 6.54 Å². The number of benzene rings is 1. The molecule has 20 heavy (non-hydrogen) atoms. The Kier molecular flexibility index (Phi) is 3.53. The maximum atomic E-state index is 6.42. The molecule has 1 N–H and O–H groups in total. The first-order valence-corrected chi connectivity index (χ1v) is 7.97. The van der Waals surface area contributed by atoms with Crippen molar-refractivity contribution >= 4 is 0 Å². The second-order valence-corrected chi connectivity index (χ2v) is 7.60. The number of rotatable bonds is 2. The van der Waals surface area contributed by atoms with E-state index < -0.39 is 0 Å². The summed E-state index contributed by atoms with van der Waals surface area (Å²) in [6.07, 6.45) is 6.05. The molecule has 1 saturated carbocycles. The molecule has 1 atom stereocenters. The SMILES string of the molecule is CC1(C)CCCC(C)(Oc2ccc3c(c2)CNCC3)C1. The van der Waals surface area contributed by atoms with Gasteiger partial charge in [-0.2, -0.15) is 0 Å². The molecule has 0 amide bonds. The maximum absolute atomic E-state index is 6.42. The van der Waals surface area contributed by atoms with E-state index >= 15 is 0 Å². The van der Waals surface area contributed by atoms with Crippen molar-refractivity contribution in [2.75, 3.05) is 6.54 Å². The lowest BCUT2D eigenvalue weighted by Gasteiger charge is -2.42. The summed E-state index contributed by atoms with van der Waals surface area (Å²) in [7, 11) is 0. The fraction of sp³-hybridized carbons (Fsp3) is 0.667. The lowest BCUT2D eigenvalue weighted by Crippen LogP contribution is -2.41. The molecule has 1 heterocycles. The first-order chi connectivity index (χ1) is 9.46. The fourth-order valence-corrected chi connectivity index (χ4v) is 4.02. The van der Waals surface area contributed by atoms with Gasteiger partial charge in [0.15, 0.2) is 0 Å². The molecular weight excluding hydrogens is 246 g/mol. The molecule has 2 aliphatic rings. The lowest BCUT2D eigenvalue weighted by atomic mass is 9.70. The smallest absolute Gasteiger partial charge is 0.120 e. The van der Waals surface area contributed by atoms with Crippen LogP contribution < -0.4 is 10.1 Å². The van der Waals surface area contributed by atoms with Crippen LogP contribution in [0.1, 0.15) is 57.6 Å². The number of hydrogen-bond donors (Lipinski definition) is 1. The Labute approximate surface area is 122 Å². The molecule has 1 aromatic carbocycles. The maximum Gasteiger partial charge on any atom is 0.120 e. The Balaban J connectivity index is 1.77. The van der Waals surface area contributed by atoms with E-state index in [0.717, 1.165) is 31.7 Å². The number of fused-ring (bicyclic) bond motifs is 1. The van der Waals surface area contributed by atoms with E-state index in [1.54, 1.807) is 0 Å². The van der Waals surface area contributed by atoms with Crippen LogP contribution in [0.5, 0.6) is 5.75 Å². The van der Waals surface area contributed by atoms with Crippen LogP contribution in [0.25, 0.3) is 0 Å². The van der Waals surface area contributed by atoms with Crippen LogP contribution in [0.2, 0.25) is 0 Å². The van der Waals surface area contributed by atoms with E-state index in [1.807, 2.05) is 0 Å². The average molecular weight is 273 g/mol. The molecule has 0 spiro atoms. The molecule has 0 radical (unpaired) electrons. The second kappa shape index (κ2) is 5.07. The lowest BCUT2D eigenvalue weighted by molar-refractivity contribution is -0.00144. The molecule has 2 heteroatoms. The molecule has 0 bridgehead atoms. The third-order valence-corrected chi connectivity index (χ3v) is 4.84. The largest absolute Gasteiger partial charge is 0.488 e. The van der Waals surface area contributed by atoms with E-state index in [-0.39, 0.29) is 5.60 Å². The van der Waals surface area contributed by atoms with E-state index in [0.29, 0.717) is 5.41 Å². The highest BCUT2D eigenvalue weighted by Gasteiger charge is 2.38. The minimum absolute atomic E-state index is 0.00190. The monoisotopic (exact) mass is 273 g/mol. The zero-order valence-corrected chi connectivity index (χ0v) is 13.1. The Hall–Kier alpha value is -1.02. The van der Waals surface area contributed by atoms with Crippen molar-refractivity contribution in [3.63, 3.8) is 0 Å². The predicted molar refractivity (Wildman–Crippen MR) is 83.1 cm³/mol. The summed E-state index contributed by atoms with van der Waals surface area (Å²) in [6, 6.07) is 6.66. The van der Waals surface area contributed by atoms with Gasteiger partial charge < -0.3 is 10.1 Å². The van der Waals surface area contributed by atoms with Gasteiger partial charge in [-0.3, -0.25) is 0 Å². The molecule has 0 aromatic heterocycles. The molecule has 1 unspecified atom stereocenters. The molecule has 0 saturated heterocycles. The molecular formula is C18H27NO. The second-order valence-electron chi connectivity index (χ2n) is 7.60. The van der Waals surface area contributed by atoms with Crippen LogP contribution in [0.3, 0.4) is 0 Å². The predicted octanol–water partition coefficient (Wildman–Crippen LogP) is 4.07. The summed E-state index contributed by atoms with van der Waals surface area (Å²) in [4.78, 5) is 0. The van der Waals surface area contributed by atoms with Gasteiger partial charge in [-0.15, -0.1) is 0 Å². The number of ether oxygens (including phenoxy) is 1. The minimum Gasteiger partial charge on any atom is -0.488 e. The van der Waals surface area contributed by atoms with Crippen LogP contribution >= 0.6 is 0 Å². The number of nitrogens with one attached hydrogen (secondary N) is 1. The standard InChI is InChI=1S/C18H27NO/c1-17(2)8-4-9-18(3,13-17)20-16-6-5-14-7-10-19-12-15(14)11-16/h5-6,11,19H,4,7-10,12-13H2,1-3H3. The van der Waals surface area contributed by atoms with Crippen molar-refractivity contribution in [3.05, 3.63) is 29.3 Å². The highest BCUT2D eigenvalue weighted by atomic mass is 16.5. The van der Waals surface area contributed by atoms with Crippen LogP contribution in [0, 0.1) is 5.41 Å². The summed E-state index contributed by atoms with van der Waals surface area (Å²) in [5.74, 6) is 1.05. The zero-order valence-electron chi connectivity index (χ0n) is 13.1. The minimum atomic E-state index is -0.00190. The van der Waals surface area contributed by atoms with Gasteiger partial charge in [0.2, 0.25) is 0 Å². The summed E-state index contributed by atoms with van der Waals surface area (Å²) in [5, 5.41) is 3.44. The van der Waals surface area contributed by atoms with Crippen LogP contribution in [0.15, 0.2) is 18.2 Å². The van der Waals surface area contributed by atoms with Crippen molar-refractivity contribution in [1.29, 1.82) is 0 Å². The van der Waals surface area contributed by atoms with E-state index in [9.17, 15) is 0 Å². The topological polar surface area (TPSA) is 21.3 Å². The van der Waals surface area contributed by atoms with E-state index in [2.05, 4.69) is 44.3 Å². The van der Waals surface area contributed by atoms with E-state index in [1.165, 1.54) is 30.4 Å². The van der Waals surface area contributed by atoms with Gasteiger partial charge in [-0.25, -0.2) is 0 Å². The van der Waals surface area contributed by atoms with Gasteiger partial charge in [0.25, 0.3) is 0 Å². The summed E-state index contributed by atoms with van der Waals surface area (Å²) < 4.78 is 6.42. The Morgan fingerprint density at radius 2 is 1.95 bits per heavy atom. The van der Waals surface area contributed by atoms with Gasteiger partial charge in [0.1, 0.15) is 11.4 Å². The van der Waals surface area contributed by atoms with Gasteiger partial charge in [0.05, 0.1) is 0 Å². The molecule has 2 nitrogen and oxygen atoms in total. The molecule has 1 aromatic rings. The summed E-state index contributed by atoms with van der Waals surface area (Å²) in [6.45, 7) is 9.09. The summed E-state index contributed by atoms with van der Waals surface area (Å²) >= 11 is 0. The third-order valence-electron chi connectivity index (χ3n) is 4.84. The zero-order chi connectivity index (χ0) is 14.2. The van der Waals surface area contributed by atoms with Crippen molar-refractivity contribution in [2.45, 2.75) is 65.0 Å². The molecule has 1 fully saturated rings. The van der Waals surface area contributed by atoms with Crippen LogP contribution in [0.4, 0.5) is 0 Å². The van der Waals surface area contributed by atoms with Gasteiger partial charge in [-0.05, 0) is 74.2 Å². The Morgan fingerprint density at radius 1 is 1.10 bits per heavy atom. The highest BCUT2D eigenvalue weighted by molar-refractivity contribution is 5.37. The molecule has 1 aliphatic heterocycles.